The molecule has 7 nitrogen and oxygen atoms in total. The highest BCUT2D eigenvalue weighted by Gasteiger charge is 2.50. The Morgan fingerprint density at radius 1 is 1.27 bits per heavy atom. The summed E-state index contributed by atoms with van der Waals surface area (Å²) in [5.74, 6) is -3.55. The molecule has 2 rings (SSSR count). The number of nitro groups is 1. The van der Waals surface area contributed by atoms with Crippen LogP contribution in [-0.2, 0) is 15.0 Å². The van der Waals surface area contributed by atoms with Crippen LogP contribution in [0.15, 0.2) is 48.1 Å². The van der Waals surface area contributed by atoms with Crippen molar-refractivity contribution >= 4 is 17.6 Å². The fourth-order valence-corrected chi connectivity index (χ4v) is 2.77. The molecule has 0 heterocycles. The molecule has 114 valence electrons. The highest BCUT2D eigenvalue weighted by Crippen LogP contribution is 2.44. The Kier molecular flexibility index (Phi) is 3.81. The second-order valence-electron chi connectivity index (χ2n) is 4.96. The monoisotopic (exact) mass is 303 g/mol. The fraction of sp³-hybridized carbons (Fsp3) is 0.200. The van der Waals surface area contributed by atoms with Gasteiger partial charge < -0.3 is 10.2 Å². The van der Waals surface area contributed by atoms with Gasteiger partial charge in [-0.25, -0.2) is 4.79 Å². The molecule has 0 aliphatic heterocycles. The van der Waals surface area contributed by atoms with Crippen molar-refractivity contribution in [2.75, 3.05) is 0 Å². The molecule has 1 aromatic carbocycles. The molecule has 0 amide bonds. The molecule has 2 unspecified atom stereocenters. The maximum atomic E-state index is 11.9. The molecular weight excluding hydrogens is 290 g/mol. The van der Waals surface area contributed by atoms with Crippen LogP contribution in [0, 0.1) is 16.0 Å². The molecule has 0 spiro atoms. The lowest BCUT2D eigenvalue weighted by molar-refractivity contribution is -0.386. The maximum Gasteiger partial charge on any atom is 0.331 e. The van der Waals surface area contributed by atoms with E-state index in [4.69, 9.17) is 0 Å². The van der Waals surface area contributed by atoms with Crippen LogP contribution < -0.4 is 0 Å². The van der Waals surface area contributed by atoms with Gasteiger partial charge in [-0.3, -0.25) is 14.9 Å². The molecule has 0 aromatic heterocycles. The van der Waals surface area contributed by atoms with Crippen LogP contribution in [0.4, 0.5) is 5.69 Å². The Hall–Kier alpha value is -2.96. The smallest absolute Gasteiger partial charge is 0.331 e. The van der Waals surface area contributed by atoms with E-state index in [1.165, 1.54) is 49.4 Å². The van der Waals surface area contributed by atoms with Crippen LogP contribution in [0.1, 0.15) is 12.5 Å². The van der Waals surface area contributed by atoms with Crippen LogP contribution in [0.5, 0.6) is 0 Å². The number of nitrogens with zero attached hydrogens (tertiary/aromatic N) is 1. The van der Waals surface area contributed by atoms with Gasteiger partial charge in [0.15, 0.2) is 0 Å². The van der Waals surface area contributed by atoms with Crippen molar-refractivity contribution in [1.82, 2.24) is 0 Å². The first kappa shape index (κ1) is 15.4. The average molecular weight is 303 g/mol. The lowest BCUT2D eigenvalue weighted by Gasteiger charge is -2.34. The van der Waals surface area contributed by atoms with E-state index >= 15 is 0 Å². The quantitative estimate of drug-likeness (QED) is 0.650. The zero-order chi connectivity index (χ0) is 16.5. The summed E-state index contributed by atoms with van der Waals surface area (Å²) in [7, 11) is 0. The molecule has 2 N–H and O–H groups in total. The number of aliphatic carboxylic acids is 2. The molecule has 0 bridgehead atoms. The molecule has 0 saturated carbocycles. The summed E-state index contributed by atoms with van der Waals surface area (Å²) >= 11 is 0. The number of para-hydroxylation sites is 1. The molecule has 1 aliphatic rings. The van der Waals surface area contributed by atoms with E-state index in [9.17, 15) is 29.9 Å². The first-order chi connectivity index (χ1) is 10.3. The summed E-state index contributed by atoms with van der Waals surface area (Å²) in [5, 5.41) is 30.2. The van der Waals surface area contributed by atoms with Gasteiger partial charge in [0, 0.05) is 17.6 Å². The van der Waals surface area contributed by atoms with Gasteiger partial charge in [0.1, 0.15) is 5.41 Å². The van der Waals surface area contributed by atoms with Crippen molar-refractivity contribution in [2.24, 2.45) is 5.92 Å². The number of hydrogen-bond acceptors (Lipinski definition) is 4. The van der Waals surface area contributed by atoms with Crippen molar-refractivity contribution in [1.29, 1.82) is 0 Å². The number of benzene rings is 1. The Morgan fingerprint density at radius 2 is 1.91 bits per heavy atom. The number of carboxylic acids is 2. The first-order valence-corrected chi connectivity index (χ1v) is 6.42. The van der Waals surface area contributed by atoms with E-state index in [1.807, 2.05) is 0 Å². The van der Waals surface area contributed by atoms with Gasteiger partial charge in [-0.2, -0.15) is 0 Å². The van der Waals surface area contributed by atoms with Crippen molar-refractivity contribution in [3.63, 3.8) is 0 Å². The number of rotatable bonds is 4. The van der Waals surface area contributed by atoms with Crippen LogP contribution in [0.2, 0.25) is 0 Å². The van der Waals surface area contributed by atoms with E-state index in [0.717, 1.165) is 0 Å². The molecule has 1 aromatic rings. The summed E-state index contributed by atoms with van der Waals surface area (Å²) < 4.78 is 0. The van der Waals surface area contributed by atoms with Crippen molar-refractivity contribution < 1.29 is 24.7 Å². The molecule has 0 radical (unpaired) electrons. The summed E-state index contributed by atoms with van der Waals surface area (Å²) in [6.45, 7) is 1.44. The summed E-state index contributed by atoms with van der Waals surface area (Å²) in [4.78, 5) is 33.8. The summed E-state index contributed by atoms with van der Waals surface area (Å²) in [6, 6.07) is 5.48. The molecular formula is C15H13NO6. The number of nitro benzene ring substituents is 1. The Labute approximate surface area is 125 Å². The minimum atomic E-state index is -1.80. The highest BCUT2D eigenvalue weighted by atomic mass is 16.6. The van der Waals surface area contributed by atoms with Crippen LogP contribution in [-0.4, -0.2) is 27.1 Å². The number of hydrogen-bond donors (Lipinski definition) is 2. The highest BCUT2D eigenvalue weighted by molar-refractivity contribution is 5.94. The standard InChI is InChI=1S/C15H13NO6/c1-9-10(13(17)18)5-4-8-15(9,14(19)20)11-6-2-3-7-12(11)16(21)22/h2-9H,1H3,(H,17,18)(H,19,20). The topological polar surface area (TPSA) is 118 Å². The van der Waals surface area contributed by atoms with E-state index in [0.29, 0.717) is 0 Å². The normalized spacial score (nSPS) is 23.7. The summed E-state index contributed by atoms with van der Waals surface area (Å²) in [6.07, 6.45) is 3.92. The van der Waals surface area contributed by atoms with E-state index in [-0.39, 0.29) is 16.8 Å². The van der Waals surface area contributed by atoms with Crippen LogP contribution in [0.3, 0.4) is 0 Å². The van der Waals surface area contributed by atoms with Crippen LogP contribution in [0.25, 0.3) is 0 Å². The predicted molar refractivity (Wildman–Crippen MR) is 76.4 cm³/mol. The lowest BCUT2D eigenvalue weighted by Crippen LogP contribution is -2.43. The second-order valence-corrected chi connectivity index (χ2v) is 4.96. The Morgan fingerprint density at radius 3 is 2.45 bits per heavy atom. The first-order valence-electron chi connectivity index (χ1n) is 6.42. The van der Waals surface area contributed by atoms with Gasteiger partial charge in [0.05, 0.1) is 10.5 Å². The van der Waals surface area contributed by atoms with E-state index in [1.54, 1.807) is 0 Å². The van der Waals surface area contributed by atoms with E-state index in [2.05, 4.69) is 0 Å². The zero-order valence-corrected chi connectivity index (χ0v) is 11.6. The Bertz CT molecular complexity index is 720. The molecule has 0 fully saturated rings. The van der Waals surface area contributed by atoms with Gasteiger partial charge in [-0.15, -0.1) is 0 Å². The third-order valence-electron chi connectivity index (χ3n) is 3.93. The number of allylic oxidation sites excluding steroid dienone is 2. The number of carbonyl (C=O) groups is 2. The zero-order valence-electron chi connectivity index (χ0n) is 11.6. The van der Waals surface area contributed by atoms with Crippen molar-refractivity contribution in [3.05, 3.63) is 63.7 Å². The lowest BCUT2D eigenvalue weighted by atomic mass is 9.65. The van der Waals surface area contributed by atoms with Gasteiger partial charge in [0.2, 0.25) is 0 Å². The third kappa shape index (κ3) is 2.16. The molecule has 0 saturated heterocycles. The van der Waals surface area contributed by atoms with Gasteiger partial charge in [0.25, 0.3) is 5.69 Å². The van der Waals surface area contributed by atoms with Gasteiger partial charge >= 0.3 is 11.9 Å². The van der Waals surface area contributed by atoms with Crippen molar-refractivity contribution in [3.8, 4) is 0 Å². The number of carboxylic acid groups (broad SMARTS) is 2. The van der Waals surface area contributed by atoms with Gasteiger partial charge in [-0.1, -0.05) is 43.4 Å². The largest absolute Gasteiger partial charge is 0.480 e. The maximum absolute atomic E-state index is 11.9. The Balaban J connectivity index is 2.75. The fourth-order valence-electron chi connectivity index (χ4n) is 2.77. The van der Waals surface area contributed by atoms with Crippen LogP contribution >= 0.6 is 0 Å². The minimum Gasteiger partial charge on any atom is -0.480 e. The van der Waals surface area contributed by atoms with E-state index < -0.39 is 28.2 Å². The molecule has 2 atom stereocenters. The molecule has 7 heteroatoms. The second kappa shape index (κ2) is 5.44. The minimum absolute atomic E-state index is 0.0388. The predicted octanol–water partition coefficient (Wildman–Crippen LogP) is 2.13. The van der Waals surface area contributed by atoms with Crippen molar-refractivity contribution in [2.45, 2.75) is 12.3 Å². The molecule has 22 heavy (non-hydrogen) atoms. The SMILES string of the molecule is CC1C(C(=O)O)=CC=CC1(C(=O)O)c1ccccc1[N+](=O)[O-]. The molecule has 1 aliphatic carbocycles. The summed E-state index contributed by atoms with van der Waals surface area (Å²) in [5.41, 5.74) is -2.30. The van der Waals surface area contributed by atoms with Gasteiger partial charge in [-0.05, 0) is 0 Å². The average Bonchev–Trinajstić information content (AvgIpc) is 2.47. The third-order valence-corrected chi connectivity index (χ3v) is 3.93.